The Kier molecular flexibility index (Phi) is 1.92. The van der Waals surface area contributed by atoms with Crippen LogP contribution in [0, 0.1) is 0 Å². The van der Waals surface area contributed by atoms with Gasteiger partial charge in [-0.3, -0.25) is 4.79 Å². The minimum atomic E-state index is 0.0602. The van der Waals surface area contributed by atoms with Gasteiger partial charge in [-0.15, -0.1) is 0 Å². The third-order valence-electron chi connectivity index (χ3n) is 2.27. The van der Waals surface area contributed by atoms with Crippen LogP contribution in [0.25, 0.3) is 0 Å². The summed E-state index contributed by atoms with van der Waals surface area (Å²) in [5.74, 6) is 0.174. The molecule has 0 aromatic heterocycles. The summed E-state index contributed by atoms with van der Waals surface area (Å²) in [5, 5.41) is 0. The van der Waals surface area contributed by atoms with Crippen LogP contribution < -0.4 is 0 Å². The quantitative estimate of drug-likeness (QED) is 0.513. The summed E-state index contributed by atoms with van der Waals surface area (Å²) in [4.78, 5) is 10.9. The van der Waals surface area contributed by atoms with E-state index < -0.39 is 0 Å². The molecule has 0 aromatic rings. The van der Waals surface area contributed by atoms with Crippen LogP contribution in [0.2, 0.25) is 0 Å². The lowest BCUT2D eigenvalue weighted by molar-refractivity contribution is -0.158. The molecule has 0 aromatic carbocycles. The van der Waals surface area contributed by atoms with Gasteiger partial charge in [0.05, 0.1) is 12.2 Å². The minimum Gasteiger partial charge on any atom is -0.375 e. The highest BCUT2D eigenvalue weighted by Gasteiger charge is 2.32. The SMILES string of the molecule is O=C1COC2CCCOC2C1. The van der Waals surface area contributed by atoms with Crippen molar-refractivity contribution in [2.75, 3.05) is 13.2 Å². The summed E-state index contributed by atoms with van der Waals surface area (Å²) in [6.07, 6.45) is 2.93. The average molecular weight is 156 g/mol. The van der Waals surface area contributed by atoms with Gasteiger partial charge in [0, 0.05) is 13.0 Å². The van der Waals surface area contributed by atoms with Crippen molar-refractivity contribution in [2.45, 2.75) is 31.5 Å². The first-order valence-corrected chi connectivity index (χ1v) is 4.11. The predicted octanol–water partition coefficient (Wildman–Crippen LogP) is 0.523. The maximum Gasteiger partial charge on any atom is 0.161 e. The fourth-order valence-corrected chi connectivity index (χ4v) is 1.68. The Morgan fingerprint density at radius 1 is 1.27 bits per heavy atom. The molecule has 2 aliphatic rings. The smallest absolute Gasteiger partial charge is 0.161 e. The monoisotopic (exact) mass is 156 g/mol. The number of hydrogen-bond acceptors (Lipinski definition) is 3. The predicted molar refractivity (Wildman–Crippen MR) is 38.3 cm³/mol. The molecule has 0 radical (unpaired) electrons. The zero-order valence-corrected chi connectivity index (χ0v) is 6.41. The highest BCUT2D eigenvalue weighted by atomic mass is 16.5. The number of carbonyl (C=O) groups is 1. The summed E-state index contributed by atoms with van der Waals surface area (Å²) < 4.78 is 10.7. The van der Waals surface area contributed by atoms with Crippen molar-refractivity contribution in [3.05, 3.63) is 0 Å². The standard InChI is InChI=1S/C8H12O3/c9-6-4-8-7(11-5-6)2-1-3-10-8/h7-8H,1-5H2. The van der Waals surface area contributed by atoms with E-state index in [-0.39, 0.29) is 18.0 Å². The molecule has 2 atom stereocenters. The van der Waals surface area contributed by atoms with E-state index >= 15 is 0 Å². The molecule has 2 saturated heterocycles. The van der Waals surface area contributed by atoms with E-state index in [0.717, 1.165) is 19.4 Å². The lowest BCUT2D eigenvalue weighted by Crippen LogP contribution is -2.43. The number of Topliss-reactive ketones (excluding diaryl/α,β-unsaturated/α-hetero) is 1. The van der Waals surface area contributed by atoms with Gasteiger partial charge in [-0.25, -0.2) is 0 Å². The Labute approximate surface area is 65.7 Å². The Morgan fingerprint density at radius 3 is 3.09 bits per heavy atom. The van der Waals surface area contributed by atoms with E-state index in [9.17, 15) is 4.79 Å². The van der Waals surface area contributed by atoms with Crippen LogP contribution in [0.3, 0.4) is 0 Å². The molecule has 0 N–H and O–H groups in total. The van der Waals surface area contributed by atoms with Crippen LogP contribution >= 0.6 is 0 Å². The van der Waals surface area contributed by atoms with Gasteiger partial charge in [-0.1, -0.05) is 0 Å². The van der Waals surface area contributed by atoms with E-state index in [1.165, 1.54) is 0 Å². The Bertz CT molecular complexity index is 167. The highest BCUT2D eigenvalue weighted by Crippen LogP contribution is 2.23. The van der Waals surface area contributed by atoms with Gasteiger partial charge in [-0.2, -0.15) is 0 Å². The molecule has 2 aliphatic heterocycles. The van der Waals surface area contributed by atoms with Gasteiger partial charge in [0.25, 0.3) is 0 Å². The van der Waals surface area contributed by atoms with Gasteiger partial charge in [0.15, 0.2) is 5.78 Å². The minimum absolute atomic E-state index is 0.0602. The largest absolute Gasteiger partial charge is 0.375 e. The summed E-state index contributed by atoms with van der Waals surface area (Å²) in [6.45, 7) is 1.09. The first-order valence-electron chi connectivity index (χ1n) is 4.11. The van der Waals surface area contributed by atoms with Crippen molar-refractivity contribution in [3.8, 4) is 0 Å². The van der Waals surface area contributed by atoms with Crippen molar-refractivity contribution in [2.24, 2.45) is 0 Å². The zero-order valence-electron chi connectivity index (χ0n) is 6.41. The van der Waals surface area contributed by atoms with Crippen molar-refractivity contribution >= 4 is 5.78 Å². The van der Waals surface area contributed by atoms with E-state index in [1.54, 1.807) is 0 Å². The molecule has 2 fully saturated rings. The van der Waals surface area contributed by atoms with E-state index in [2.05, 4.69) is 0 Å². The molecule has 2 unspecified atom stereocenters. The van der Waals surface area contributed by atoms with Crippen LogP contribution in [0.1, 0.15) is 19.3 Å². The Balaban J connectivity index is 1.98. The summed E-state index contributed by atoms with van der Waals surface area (Å²) >= 11 is 0. The summed E-state index contributed by atoms with van der Waals surface area (Å²) in [7, 11) is 0. The van der Waals surface area contributed by atoms with Crippen molar-refractivity contribution in [1.29, 1.82) is 0 Å². The van der Waals surface area contributed by atoms with E-state index in [4.69, 9.17) is 9.47 Å². The molecular formula is C8H12O3. The van der Waals surface area contributed by atoms with Crippen LogP contribution in [-0.2, 0) is 14.3 Å². The molecule has 2 heterocycles. The molecule has 11 heavy (non-hydrogen) atoms. The van der Waals surface area contributed by atoms with Crippen LogP contribution in [0.15, 0.2) is 0 Å². The van der Waals surface area contributed by atoms with Gasteiger partial charge in [0.1, 0.15) is 6.61 Å². The van der Waals surface area contributed by atoms with Crippen molar-refractivity contribution in [3.63, 3.8) is 0 Å². The maximum absolute atomic E-state index is 10.9. The summed E-state index contributed by atoms with van der Waals surface area (Å²) in [5.41, 5.74) is 0. The fourth-order valence-electron chi connectivity index (χ4n) is 1.68. The van der Waals surface area contributed by atoms with Gasteiger partial charge in [0.2, 0.25) is 0 Å². The van der Waals surface area contributed by atoms with Crippen LogP contribution in [0.4, 0.5) is 0 Å². The van der Waals surface area contributed by atoms with E-state index in [1.807, 2.05) is 0 Å². The molecule has 0 aliphatic carbocycles. The van der Waals surface area contributed by atoms with Gasteiger partial charge in [-0.05, 0) is 12.8 Å². The third kappa shape index (κ3) is 1.44. The lowest BCUT2D eigenvalue weighted by atomic mass is 9.98. The molecular weight excluding hydrogens is 144 g/mol. The molecule has 3 nitrogen and oxygen atoms in total. The molecule has 0 bridgehead atoms. The zero-order chi connectivity index (χ0) is 7.68. The van der Waals surface area contributed by atoms with Gasteiger partial charge < -0.3 is 9.47 Å². The number of hydrogen-bond donors (Lipinski definition) is 0. The molecule has 0 spiro atoms. The van der Waals surface area contributed by atoms with Crippen molar-refractivity contribution < 1.29 is 14.3 Å². The number of ketones is 1. The second kappa shape index (κ2) is 2.91. The third-order valence-corrected chi connectivity index (χ3v) is 2.27. The number of fused-ring (bicyclic) bond motifs is 1. The second-order valence-corrected chi connectivity index (χ2v) is 3.14. The first-order chi connectivity index (χ1) is 5.36. The number of ether oxygens (including phenoxy) is 2. The molecule has 0 amide bonds. The molecule has 62 valence electrons. The molecule has 3 heteroatoms. The molecule has 0 saturated carbocycles. The van der Waals surface area contributed by atoms with E-state index in [0.29, 0.717) is 13.0 Å². The second-order valence-electron chi connectivity index (χ2n) is 3.14. The van der Waals surface area contributed by atoms with Gasteiger partial charge >= 0.3 is 0 Å². The normalized spacial score (nSPS) is 38.4. The van der Waals surface area contributed by atoms with Crippen LogP contribution in [-0.4, -0.2) is 31.2 Å². The van der Waals surface area contributed by atoms with Crippen LogP contribution in [0.5, 0.6) is 0 Å². The number of rotatable bonds is 0. The van der Waals surface area contributed by atoms with Crippen molar-refractivity contribution in [1.82, 2.24) is 0 Å². The average Bonchev–Trinajstić information content (AvgIpc) is 2.04. The lowest BCUT2D eigenvalue weighted by Gasteiger charge is -2.34. The fraction of sp³-hybridized carbons (Fsp3) is 0.875. The number of carbonyl (C=O) groups excluding carboxylic acids is 1. The summed E-state index contributed by atoms with van der Waals surface area (Å²) in [6, 6.07) is 0. The first kappa shape index (κ1) is 7.25. The Hall–Kier alpha value is -0.410. The molecule has 2 rings (SSSR count). The topological polar surface area (TPSA) is 35.5 Å². The highest BCUT2D eigenvalue weighted by molar-refractivity contribution is 5.80. The maximum atomic E-state index is 10.9. The Morgan fingerprint density at radius 2 is 2.18 bits per heavy atom.